The van der Waals surface area contributed by atoms with Gasteiger partial charge in [0.15, 0.2) is 0 Å². The maximum absolute atomic E-state index is 12.1. The van der Waals surface area contributed by atoms with Crippen molar-refractivity contribution >= 4 is 34.7 Å². The summed E-state index contributed by atoms with van der Waals surface area (Å²) < 4.78 is 0. The van der Waals surface area contributed by atoms with E-state index in [1.165, 1.54) is 6.20 Å². The van der Waals surface area contributed by atoms with Crippen LogP contribution >= 0.6 is 23.8 Å². The van der Waals surface area contributed by atoms with Crippen molar-refractivity contribution in [2.75, 3.05) is 0 Å². The molecule has 18 heavy (non-hydrogen) atoms. The van der Waals surface area contributed by atoms with E-state index in [0.29, 0.717) is 15.6 Å². The third kappa shape index (κ3) is 2.79. The van der Waals surface area contributed by atoms with Crippen LogP contribution in [0, 0.1) is 5.92 Å². The van der Waals surface area contributed by atoms with Crippen LogP contribution in [0.25, 0.3) is 0 Å². The number of rotatable bonds is 3. The summed E-state index contributed by atoms with van der Waals surface area (Å²) in [7, 11) is 0. The second kappa shape index (κ2) is 5.63. The quantitative estimate of drug-likeness (QED) is 0.832. The molecule has 0 radical (unpaired) electrons. The van der Waals surface area contributed by atoms with E-state index in [4.69, 9.17) is 29.6 Å². The predicted molar refractivity (Wildman–Crippen MR) is 74.6 cm³/mol. The van der Waals surface area contributed by atoms with Gasteiger partial charge in [0.05, 0.1) is 15.6 Å². The molecule has 0 bridgehead atoms. The molecule has 96 valence electrons. The normalized spacial score (nSPS) is 22.7. The molecule has 1 amide bonds. The van der Waals surface area contributed by atoms with Crippen LogP contribution in [0.4, 0.5) is 0 Å². The third-order valence-electron chi connectivity index (χ3n) is 3.21. The molecule has 1 heterocycles. The Morgan fingerprint density at radius 2 is 2.33 bits per heavy atom. The number of carbonyl (C=O) groups excluding carboxylic acids is 1. The molecule has 2 atom stereocenters. The molecule has 0 aliphatic heterocycles. The van der Waals surface area contributed by atoms with Crippen molar-refractivity contribution < 1.29 is 4.79 Å². The van der Waals surface area contributed by atoms with E-state index in [9.17, 15) is 4.79 Å². The molecule has 6 heteroatoms. The number of nitrogens with two attached hydrogens (primary N) is 1. The van der Waals surface area contributed by atoms with Gasteiger partial charge in [-0.05, 0) is 18.9 Å². The molecule has 1 aliphatic carbocycles. The average Bonchev–Trinajstić information content (AvgIpc) is 2.77. The minimum Gasteiger partial charge on any atom is -0.393 e. The predicted octanol–water partition coefficient (Wildman–Crippen LogP) is 1.92. The van der Waals surface area contributed by atoms with Gasteiger partial charge < -0.3 is 11.1 Å². The number of nitrogens with zero attached hydrogens (tertiary/aromatic N) is 1. The maximum Gasteiger partial charge on any atom is 0.253 e. The fourth-order valence-corrected chi connectivity index (χ4v) is 2.77. The van der Waals surface area contributed by atoms with E-state index < -0.39 is 0 Å². The van der Waals surface area contributed by atoms with Crippen molar-refractivity contribution in [3.05, 3.63) is 29.0 Å². The van der Waals surface area contributed by atoms with Crippen LogP contribution in [-0.4, -0.2) is 21.9 Å². The van der Waals surface area contributed by atoms with Gasteiger partial charge in [0.25, 0.3) is 5.91 Å². The molecule has 1 aromatic rings. The first-order valence-electron chi connectivity index (χ1n) is 5.79. The monoisotopic (exact) mass is 283 g/mol. The summed E-state index contributed by atoms with van der Waals surface area (Å²) in [5.74, 6) is -0.111. The third-order valence-corrected chi connectivity index (χ3v) is 3.82. The van der Waals surface area contributed by atoms with Crippen molar-refractivity contribution in [2.24, 2.45) is 11.7 Å². The molecule has 3 N–H and O–H groups in total. The van der Waals surface area contributed by atoms with Crippen LogP contribution in [-0.2, 0) is 0 Å². The second-order valence-electron chi connectivity index (χ2n) is 4.38. The minimum atomic E-state index is -0.199. The van der Waals surface area contributed by atoms with Crippen LogP contribution in [0.3, 0.4) is 0 Å². The van der Waals surface area contributed by atoms with Gasteiger partial charge in [-0.25, -0.2) is 0 Å². The fraction of sp³-hybridized carbons (Fsp3) is 0.417. The molecule has 1 fully saturated rings. The summed E-state index contributed by atoms with van der Waals surface area (Å²) in [4.78, 5) is 16.4. The Hall–Kier alpha value is -1.20. The highest BCUT2D eigenvalue weighted by Crippen LogP contribution is 2.26. The highest BCUT2D eigenvalue weighted by molar-refractivity contribution is 7.80. The molecular weight excluding hydrogens is 270 g/mol. The Morgan fingerprint density at radius 3 is 3.00 bits per heavy atom. The first-order valence-corrected chi connectivity index (χ1v) is 6.58. The summed E-state index contributed by atoms with van der Waals surface area (Å²) in [6.07, 6.45) is 5.86. The highest BCUT2D eigenvalue weighted by Gasteiger charge is 2.30. The number of nitrogens with one attached hydrogen (secondary N) is 1. The Morgan fingerprint density at radius 1 is 1.56 bits per heavy atom. The number of aromatic nitrogens is 1. The van der Waals surface area contributed by atoms with Crippen molar-refractivity contribution in [1.29, 1.82) is 0 Å². The van der Waals surface area contributed by atoms with E-state index >= 15 is 0 Å². The number of halogens is 1. The Bertz CT molecular complexity index is 480. The molecule has 1 aliphatic rings. The minimum absolute atomic E-state index is 0.0132. The number of hydrogen-bond donors (Lipinski definition) is 2. The van der Waals surface area contributed by atoms with Gasteiger partial charge in [-0.15, -0.1) is 0 Å². The molecule has 2 rings (SSSR count). The summed E-state index contributed by atoms with van der Waals surface area (Å²) in [6.45, 7) is 0. The number of thiocarbonyl (C=S) groups is 1. The first kappa shape index (κ1) is 13.2. The Kier molecular flexibility index (Phi) is 4.14. The van der Waals surface area contributed by atoms with E-state index in [-0.39, 0.29) is 17.9 Å². The van der Waals surface area contributed by atoms with E-state index in [2.05, 4.69) is 10.3 Å². The lowest BCUT2D eigenvalue weighted by Gasteiger charge is -2.20. The number of carbonyl (C=O) groups is 1. The maximum atomic E-state index is 12.1. The standard InChI is InChI=1S/C12H14ClN3OS/c13-9-6-15-5-4-7(9)12(17)16-10-3-1-2-8(10)11(14)18/h4-6,8,10H,1-3H2,(H2,14,18)(H,16,17). The number of hydrogen-bond acceptors (Lipinski definition) is 3. The SMILES string of the molecule is NC(=S)C1CCCC1NC(=O)c1ccncc1Cl. The molecule has 0 saturated heterocycles. The van der Waals surface area contributed by atoms with Crippen molar-refractivity contribution in [3.8, 4) is 0 Å². The number of pyridine rings is 1. The molecule has 2 unspecified atom stereocenters. The second-order valence-corrected chi connectivity index (χ2v) is 5.25. The van der Waals surface area contributed by atoms with Crippen molar-refractivity contribution in [1.82, 2.24) is 10.3 Å². The van der Waals surface area contributed by atoms with Gasteiger partial charge in [0.2, 0.25) is 0 Å². The largest absolute Gasteiger partial charge is 0.393 e. The van der Waals surface area contributed by atoms with Crippen molar-refractivity contribution in [2.45, 2.75) is 25.3 Å². The molecule has 4 nitrogen and oxygen atoms in total. The van der Waals surface area contributed by atoms with Crippen molar-refractivity contribution in [3.63, 3.8) is 0 Å². The van der Waals surface area contributed by atoms with E-state index in [1.54, 1.807) is 12.3 Å². The fourth-order valence-electron chi connectivity index (χ4n) is 2.28. The lowest BCUT2D eigenvalue weighted by molar-refractivity contribution is 0.0934. The molecule has 1 saturated carbocycles. The zero-order valence-corrected chi connectivity index (χ0v) is 11.3. The van der Waals surface area contributed by atoms with Gasteiger partial charge in [0.1, 0.15) is 0 Å². The van der Waals surface area contributed by atoms with Crippen LogP contribution < -0.4 is 11.1 Å². The zero-order chi connectivity index (χ0) is 13.1. The smallest absolute Gasteiger partial charge is 0.253 e. The molecule has 1 aromatic heterocycles. The van der Waals surface area contributed by atoms with Gasteiger partial charge in [-0.3, -0.25) is 9.78 Å². The molecule has 0 aromatic carbocycles. The molecular formula is C12H14ClN3OS. The van der Waals surface area contributed by atoms with Gasteiger partial charge in [-0.1, -0.05) is 30.2 Å². The zero-order valence-electron chi connectivity index (χ0n) is 9.73. The lowest BCUT2D eigenvalue weighted by Crippen LogP contribution is -2.41. The van der Waals surface area contributed by atoms with Crippen LogP contribution in [0.1, 0.15) is 29.6 Å². The Balaban J connectivity index is 2.08. The van der Waals surface area contributed by atoms with E-state index in [0.717, 1.165) is 19.3 Å². The highest BCUT2D eigenvalue weighted by atomic mass is 35.5. The summed E-state index contributed by atoms with van der Waals surface area (Å²) in [6, 6.07) is 1.61. The van der Waals surface area contributed by atoms with Gasteiger partial charge in [0, 0.05) is 24.4 Å². The summed E-state index contributed by atoms with van der Waals surface area (Å²) >= 11 is 10.9. The first-order chi connectivity index (χ1) is 8.59. The van der Waals surface area contributed by atoms with Crippen LogP contribution in [0.5, 0.6) is 0 Å². The van der Waals surface area contributed by atoms with Gasteiger partial charge >= 0.3 is 0 Å². The number of amides is 1. The van der Waals surface area contributed by atoms with Crippen LogP contribution in [0.15, 0.2) is 18.5 Å². The topological polar surface area (TPSA) is 68.0 Å². The van der Waals surface area contributed by atoms with Gasteiger partial charge in [-0.2, -0.15) is 0 Å². The van der Waals surface area contributed by atoms with E-state index in [1.807, 2.05) is 0 Å². The Labute approximate surface area is 116 Å². The summed E-state index contributed by atoms with van der Waals surface area (Å²) in [5, 5.41) is 3.30. The lowest BCUT2D eigenvalue weighted by atomic mass is 10.0. The average molecular weight is 284 g/mol. The summed E-state index contributed by atoms with van der Waals surface area (Å²) in [5.41, 5.74) is 6.11. The van der Waals surface area contributed by atoms with Crippen LogP contribution in [0.2, 0.25) is 5.02 Å². The molecule has 0 spiro atoms.